The van der Waals surface area contributed by atoms with E-state index in [1.807, 2.05) is 6.07 Å². The van der Waals surface area contributed by atoms with Crippen LogP contribution in [0.5, 0.6) is 0 Å². The van der Waals surface area contributed by atoms with E-state index in [4.69, 9.17) is 51.7 Å². The number of pyridine rings is 1. The summed E-state index contributed by atoms with van der Waals surface area (Å²) < 4.78 is 0. The third kappa shape index (κ3) is 2.96. The molecule has 0 spiro atoms. The van der Waals surface area contributed by atoms with E-state index >= 15 is 0 Å². The number of hydrogen-bond acceptors (Lipinski definition) is 2. The maximum absolute atomic E-state index is 8.65. The summed E-state index contributed by atoms with van der Waals surface area (Å²) in [6.45, 7) is 0. The molecular weight excluding hydrogens is 326 g/mol. The molecule has 2 nitrogen and oxygen atoms in total. The Morgan fingerprint density at radius 1 is 1.00 bits per heavy atom. The Morgan fingerprint density at radius 2 is 1.74 bits per heavy atom. The van der Waals surface area contributed by atoms with Crippen LogP contribution in [0.2, 0.25) is 20.2 Å². The first-order chi connectivity index (χ1) is 9.04. The smallest absolute Gasteiger partial charge is 0.133 e. The van der Waals surface area contributed by atoms with Gasteiger partial charge in [0.15, 0.2) is 0 Å². The van der Waals surface area contributed by atoms with Crippen LogP contribution in [0.1, 0.15) is 5.56 Å². The van der Waals surface area contributed by atoms with Gasteiger partial charge in [-0.1, -0.05) is 52.5 Å². The van der Waals surface area contributed by atoms with Gasteiger partial charge in [0.25, 0.3) is 0 Å². The summed E-state index contributed by atoms with van der Waals surface area (Å²) in [5.74, 6) is 0. The van der Waals surface area contributed by atoms with E-state index in [-0.39, 0.29) is 16.6 Å². The van der Waals surface area contributed by atoms with Gasteiger partial charge in [-0.2, -0.15) is 5.26 Å². The average Bonchev–Trinajstić information content (AvgIpc) is 2.39. The van der Waals surface area contributed by atoms with Crippen molar-refractivity contribution in [3.63, 3.8) is 0 Å². The van der Waals surface area contributed by atoms with Crippen LogP contribution >= 0.6 is 46.4 Å². The van der Waals surface area contributed by atoms with Gasteiger partial charge in [0.2, 0.25) is 0 Å². The molecule has 0 aliphatic carbocycles. The second kappa shape index (κ2) is 5.98. The van der Waals surface area contributed by atoms with Crippen molar-refractivity contribution in [2.45, 2.75) is 6.42 Å². The van der Waals surface area contributed by atoms with Gasteiger partial charge in [-0.3, -0.25) is 0 Å². The third-order valence-corrected chi connectivity index (χ3v) is 4.13. The first kappa shape index (κ1) is 14.4. The highest BCUT2D eigenvalue weighted by molar-refractivity contribution is 6.49. The Bertz CT molecular complexity index is 677. The first-order valence-electron chi connectivity index (χ1n) is 5.21. The Hall–Kier alpha value is -0.980. The lowest BCUT2D eigenvalue weighted by molar-refractivity contribution is 1.19. The van der Waals surface area contributed by atoms with Gasteiger partial charge in [-0.05, 0) is 18.2 Å². The number of aromatic nitrogens is 1. The summed E-state index contributed by atoms with van der Waals surface area (Å²) >= 11 is 24.0. The van der Waals surface area contributed by atoms with Gasteiger partial charge in [0.05, 0.1) is 33.3 Å². The maximum Gasteiger partial charge on any atom is 0.133 e. The Kier molecular flexibility index (Phi) is 4.54. The van der Waals surface area contributed by atoms with Gasteiger partial charge in [-0.25, -0.2) is 4.98 Å². The zero-order valence-electron chi connectivity index (χ0n) is 9.42. The molecule has 0 saturated carbocycles. The number of nitrogens with zero attached hydrogens (tertiary/aromatic N) is 2. The molecule has 2 rings (SSSR count). The highest BCUT2D eigenvalue weighted by atomic mass is 35.5. The fraction of sp³-hybridized carbons (Fsp3) is 0.0769. The van der Waals surface area contributed by atoms with Gasteiger partial charge in [0, 0.05) is 11.1 Å². The fourth-order valence-corrected chi connectivity index (χ4v) is 2.41. The molecule has 1 aromatic heterocycles. The van der Waals surface area contributed by atoms with Crippen LogP contribution < -0.4 is 0 Å². The van der Waals surface area contributed by atoms with Crippen LogP contribution in [0, 0.1) is 11.3 Å². The molecule has 0 aliphatic rings. The van der Waals surface area contributed by atoms with Crippen LogP contribution in [0.4, 0.5) is 0 Å². The molecule has 0 fully saturated rings. The van der Waals surface area contributed by atoms with Crippen molar-refractivity contribution in [3.8, 4) is 17.3 Å². The molecule has 6 heteroatoms. The lowest BCUT2D eigenvalue weighted by Crippen LogP contribution is -1.91. The van der Waals surface area contributed by atoms with Gasteiger partial charge in [0.1, 0.15) is 5.15 Å². The molecule has 19 heavy (non-hydrogen) atoms. The van der Waals surface area contributed by atoms with Crippen LogP contribution in [-0.2, 0) is 6.42 Å². The third-order valence-electron chi connectivity index (χ3n) is 2.51. The molecule has 0 radical (unpaired) electrons. The number of benzene rings is 1. The van der Waals surface area contributed by atoms with E-state index in [2.05, 4.69) is 4.98 Å². The van der Waals surface area contributed by atoms with E-state index < -0.39 is 0 Å². The van der Waals surface area contributed by atoms with E-state index in [1.165, 1.54) is 0 Å². The van der Waals surface area contributed by atoms with Crippen LogP contribution in [0.25, 0.3) is 11.3 Å². The van der Waals surface area contributed by atoms with Crippen molar-refractivity contribution in [1.82, 2.24) is 4.98 Å². The van der Waals surface area contributed by atoms with E-state index in [0.717, 1.165) is 0 Å². The zero-order valence-corrected chi connectivity index (χ0v) is 12.4. The molecule has 0 bridgehead atoms. The molecule has 0 saturated heterocycles. The summed E-state index contributed by atoms with van der Waals surface area (Å²) in [6, 6.07) is 8.87. The lowest BCUT2D eigenvalue weighted by Gasteiger charge is -2.08. The molecule has 1 heterocycles. The van der Waals surface area contributed by atoms with Crippen LogP contribution in [0.15, 0.2) is 24.3 Å². The predicted octanol–water partition coefficient (Wildman–Crippen LogP) is 5.43. The largest absolute Gasteiger partial charge is 0.236 e. The summed E-state index contributed by atoms with van der Waals surface area (Å²) in [4.78, 5) is 4.22. The highest BCUT2D eigenvalue weighted by Crippen LogP contribution is 2.37. The quantitative estimate of drug-likeness (QED) is 0.543. The molecule has 0 N–H and O–H groups in total. The molecule has 1 aromatic carbocycles. The van der Waals surface area contributed by atoms with E-state index in [9.17, 15) is 0 Å². The number of hydrogen-bond donors (Lipinski definition) is 0. The SMILES string of the molecule is N#CCc1ccc(-c2ccc(Cl)c(Cl)c2Cl)nc1Cl. The normalized spacial score (nSPS) is 10.3. The number of halogens is 4. The monoisotopic (exact) mass is 330 g/mol. The molecule has 96 valence electrons. The average molecular weight is 332 g/mol. The zero-order chi connectivity index (χ0) is 14.0. The van der Waals surface area contributed by atoms with Crippen molar-refractivity contribution < 1.29 is 0 Å². The Balaban J connectivity index is 2.52. The topological polar surface area (TPSA) is 36.7 Å². The number of nitriles is 1. The summed E-state index contributed by atoms with van der Waals surface area (Å²) in [6.07, 6.45) is 0.210. The summed E-state index contributed by atoms with van der Waals surface area (Å²) in [5.41, 5.74) is 1.89. The second-order valence-corrected chi connectivity index (χ2v) is 5.23. The minimum Gasteiger partial charge on any atom is -0.236 e. The van der Waals surface area contributed by atoms with Gasteiger partial charge in [-0.15, -0.1) is 0 Å². The standard InChI is InChI=1S/C13H6Cl4N2/c14-9-3-2-8(11(15)12(9)16)10-4-1-7(5-6-18)13(17)19-10/h1-4H,5H2. The summed E-state index contributed by atoms with van der Waals surface area (Å²) in [7, 11) is 0. The molecule has 0 aliphatic heterocycles. The fourth-order valence-electron chi connectivity index (χ4n) is 1.55. The summed E-state index contributed by atoms with van der Waals surface area (Å²) in [5, 5.41) is 9.91. The Labute approximate surface area is 130 Å². The van der Waals surface area contributed by atoms with Crippen molar-refractivity contribution in [1.29, 1.82) is 5.26 Å². The van der Waals surface area contributed by atoms with E-state index in [1.54, 1.807) is 24.3 Å². The van der Waals surface area contributed by atoms with Gasteiger partial charge >= 0.3 is 0 Å². The number of rotatable bonds is 2. The second-order valence-electron chi connectivity index (χ2n) is 3.70. The van der Waals surface area contributed by atoms with Crippen molar-refractivity contribution >= 4 is 46.4 Å². The molecule has 2 aromatic rings. The first-order valence-corrected chi connectivity index (χ1v) is 6.72. The van der Waals surface area contributed by atoms with Crippen LogP contribution in [-0.4, -0.2) is 4.98 Å². The minimum absolute atomic E-state index is 0.210. The molecule has 0 unspecified atom stereocenters. The van der Waals surface area contributed by atoms with Crippen molar-refractivity contribution in [2.75, 3.05) is 0 Å². The predicted molar refractivity (Wildman–Crippen MR) is 79.0 cm³/mol. The molecule has 0 atom stereocenters. The Morgan fingerprint density at radius 3 is 2.37 bits per heavy atom. The molecule has 0 amide bonds. The van der Waals surface area contributed by atoms with Crippen LogP contribution in [0.3, 0.4) is 0 Å². The van der Waals surface area contributed by atoms with E-state index in [0.29, 0.717) is 26.9 Å². The minimum atomic E-state index is 0.210. The van der Waals surface area contributed by atoms with Crippen molar-refractivity contribution in [3.05, 3.63) is 50.0 Å². The maximum atomic E-state index is 8.65. The highest BCUT2D eigenvalue weighted by Gasteiger charge is 2.13. The van der Waals surface area contributed by atoms with Gasteiger partial charge < -0.3 is 0 Å². The molecular formula is C13H6Cl4N2. The van der Waals surface area contributed by atoms with Crippen molar-refractivity contribution in [2.24, 2.45) is 0 Å². The lowest BCUT2D eigenvalue weighted by atomic mass is 10.1.